The quantitative estimate of drug-likeness (QED) is 0.189. The van der Waals surface area contributed by atoms with Crippen LogP contribution in [0.15, 0.2) is 158 Å². The Hall–Kier alpha value is -5.86. The van der Waals surface area contributed by atoms with Crippen molar-refractivity contribution in [2.24, 2.45) is 0 Å². The van der Waals surface area contributed by atoms with Crippen molar-refractivity contribution in [2.75, 3.05) is 4.90 Å². The Bertz CT molecular complexity index is 2410. The maximum atomic E-state index is 2.61. The van der Waals surface area contributed by atoms with Crippen LogP contribution in [0.1, 0.15) is 0 Å². The number of fused-ring (bicyclic) bond motifs is 2. The fraction of sp³-hybridized carbons (Fsp3) is 0. The van der Waals surface area contributed by atoms with Crippen LogP contribution in [-0.2, 0) is 0 Å². The van der Waals surface area contributed by atoms with Crippen molar-refractivity contribution in [3.63, 3.8) is 0 Å². The van der Waals surface area contributed by atoms with E-state index in [1.54, 1.807) is 0 Å². The zero-order valence-electron chi connectivity index (χ0n) is 25.0. The lowest BCUT2D eigenvalue weighted by molar-refractivity contribution is 1.30. The molecule has 0 saturated carbocycles. The van der Waals surface area contributed by atoms with Gasteiger partial charge in [-0.15, -0.1) is 0 Å². The predicted molar refractivity (Wildman–Crippen MR) is 196 cm³/mol. The Balaban J connectivity index is 1.36. The number of nitrogens with zero attached hydrogens (tertiary/aromatic N) is 1. The van der Waals surface area contributed by atoms with Crippen LogP contribution in [-0.4, -0.2) is 6.71 Å². The number of rotatable bonds is 3. The zero-order valence-corrected chi connectivity index (χ0v) is 25.0. The minimum atomic E-state index is 0.175. The number of para-hydroxylation sites is 1. The van der Waals surface area contributed by atoms with E-state index in [1.807, 2.05) is 0 Å². The monoisotopic (exact) mass is 579 g/mol. The number of hydrogen-bond donors (Lipinski definition) is 0. The largest absolute Gasteiger partial charge is 0.310 e. The summed E-state index contributed by atoms with van der Waals surface area (Å²) in [6.07, 6.45) is 0. The first kappa shape index (κ1) is 24.5. The lowest BCUT2D eigenvalue weighted by atomic mass is 9.29. The SMILES string of the molecule is c1ccc(-c2cccc(-c3ccccc3)c2N2c3ccc4cccc5c4c3B3c4c-5cccc4-c4cccc5ccc2c3c45)cc1. The molecule has 3 heterocycles. The van der Waals surface area contributed by atoms with Crippen LogP contribution >= 0.6 is 0 Å². The van der Waals surface area contributed by atoms with Gasteiger partial charge in [-0.25, -0.2) is 0 Å². The fourth-order valence-electron chi connectivity index (χ4n) is 8.85. The van der Waals surface area contributed by atoms with Gasteiger partial charge >= 0.3 is 0 Å². The van der Waals surface area contributed by atoms with Crippen LogP contribution in [0.25, 0.3) is 66.1 Å². The summed E-state index contributed by atoms with van der Waals surface area (Å²) in [6.45, 7) is 0.175. The molecule has 46 heavy (non-hydrogen) atoms. The third-order valence-corrected chi connectivity index (χ3v) is 10.6. The first-order valence-corrected chi connectivity index (χ1v) is 16.2. The van der Waals surface area contributed by atoms with Crippen LogP contribution in [0, 0.1) is 0 Å². The van der Waals surface area contributed by atoms with Gasteiger partial charge in [0.15, 0.2) is 0 Å². The van der Waals surface area contributed by atoms with Gasteiger partial charge in [0.25, 0.3) is 0 Å². The van der Waals surface area contributed by atoms with Crippen molar-refractivity contribution in [3.8, 4) is 44.5 Å². The molecule has 0 atom stereocenters. The van der Waals surface area contributed by atoms with Gasteiger partial charge in [-0.05, 0) is 78.0 Å². The highest BCUT2D eigenvalue weighted by molar-refractivity contribution is 7.03. The molecule has 8 aromatic rings. The molecule has 0 N–H and O–H groups in total. The topological polar surface area (TPSA) is 3.24 Å². The Morgan fingerprint density at radius 1 is 0.326 bits per heavy atom. The van der Waals surface area contributed by atoms with Gasteiger partial charge in [-0.3, -0.25) is 0 Å². The molecule has 0 fully saturated rings. The lowest BCUT2D eigenvalue weighted by Crippen LogP contribution is -2.61. The minimum absolute atomic E-state index is 0.175. The maximum Gasteiger partial charge on any atom is 0.249 e. The first-order valence-electron chi connectivity index (χ1n) is 16.2. The molecule has 3 aliphatic rings. The Kier molecular flexibility index (Phi) is 4.72. The summed E-state index contributed by atoms with van der Waals surface area (Å²) in [5, 5.41) is 5.39. The molecule has 8 aromatic carbocycles. The molecule has 0 unspecified atom stereocenters. The zero-order chi connectivity index (χ0) is 29.9. The molecule has 0 aromatic heterocycles. The van der Waals surface area contributed by atoms with Crippen LogP contribution in [0.4, 0.5) is 17.1 Å². The summed E-state index contributed by atoms with van der Waals surface area (Å²) in [6, 6.07) is 58.7. The van der Waals surface area contributed by atoms with Gasteiger partial charge in [-0.1, -0.05) is 151 Å². The molecule has 0 spiro atoms. The molecule has 0 bridgehead atoms. The van der Waals surface area contributed by atoms with E-state index in [4.69, 9.17) is 0 Å². The fourth-order valence-corrected chi connectivity index (χ4v) is 8.85. The van der Waals surface area contributed by atoms with Crippen molar-refractivity contribution in [1.82, 2.24) is 0 Å². The van der Waals surface area contributed by atoms with E-state index < -0.39 is 0 Å². The second kappa shape index (κ2) is 8.87. The van der Waals surface area contributed by atoms with E-state index in [0.29, 0.717) is 0 Å². The smallest absolute Gasteiger partial charge is 0.249 e. The van der Waals surface area contributed by atoms with E-state index in [1.165, 1.54) is 99.5 Å². The van der Waals surface area contributed by atoms with Crippen molar-refractivity contribution in [3.05, 3.63) is 158 Å². The average molecular weight is 580 g/mol. The number of benzene rings is 8. The number of hydrogen-bond acceptors (Lipinski definition) is 1. The first-order chi connectivity index (χ1) is 22.9. The van der Waals surface area contributed by atoms with Gasteiger partial charge in [0, 0.05) is 22.5 Å². The molecule has 2 heteroatoms. The van der Waals surface area contributed by atoms with Gasteiger partial charge in [-0.2, -0.15) is 0 Å². The van der Waals surface area contributed by atoms with E-state index in [0.717, 1.165) is 0 Å². The van der Waals surface area contributed by atoms with Gasteiger partial charge in [0.1, 0.15) is 0 Å². The Morgan fingerprint density at radius 2 is 0.761 bits per heavy atom. The van der Waals surface area contributed by atoms with Crippen LogP contribution in [0.5, 0.6) is 0 Å². The Morgan fingerprint density at radius 3 is 1.26 bits per heavy atom. The molecule has 0 radical (unpaired) electrons. The van der Waals surface area contributed by atoms with Crippen LogP contribution < -0.4 is 21.3 Å². The van der Waals surface area contributed by atoms with Crippen molar-refractivity contribution >= 4 is 61.7 Å². The molecule has 0 amide bonds. The van der Waals surface area contributed by atoms with Crippen molar-refractivity contribution in [1.29, 1.82) is 0 Å². The van der Waals surface area contributed by atoms with Gasteiger partial charge in [0.05, 0.1) is 5.69 Å². The highest BCUT2D eigenvalue weighted by atomic mass is 15.2. The van der Waals surface area contributed by atoms with E-state index in [2.05, 4.69) is 163 Å². The highest BCUT2D eigenvalue weighted by Crippen LogP contribution is 2.51. The summed E-state index contributed by atoms with van der Waals surface area (Å²) >= 11 is 0. The second-order valence-corrected chi connectivity index (χ2v) is 12.8. The molecular weight excluding hydrogens is 553 g/mol. The maximum absolute atomic E-state index is 2.61. The summed E-state index contributed by atoms with van der Waals surface area (Å²) in [7, 11) is 0. The standard InChI is InChI=1S/C44H26BN/c1-3-11-27(12-4-1)31-17-9-18-32(28-13-5-2-6-14-28)44(31)46-37-25-23-29-15-7-19-33-35-21-10-22-36-34-20-8-16-30-24-26-38(46)43(40(30)34)45(41(35)36)42(37)39(29)33/h1-26H. The van der Waals surface area contributed by atoms with Gasteiger partial charge in [0.2, 0.25) is 6.71 Å². The summed E-state index contributed by atoms with van der Waals surface area (Å²) in [5.41, 5.74) is 18.4. The molecule has 11 rings (SSSR count). The minimum Gasteiger partial charge on any atom is -0.310 e. The molecule has 0 aliphatic carbocycles. The van der Waals surface area contributed by atoms with Crippen molar-refractivity contribution in [2.45, 2.75) is 0 Å². The molecule has 3 aliphatic heterocycles. The molecular formula is C44H26BN. The summed E-state index contributed by atoms with van der Waals surface area (Å²) in [5.74, 6) is 0. The lowest BCUT2D eigenvalue weighted by Gasteiger charge is -2.44. The van der Waals surface area contributed by atoms with Gasteiger partial charge < -0.3 is 4.90 Å². The van der Waals surface area contributed by atoms with E-state index in [-0.39, 0.29) is 6.71 Å². The van der Waals surface area contributed by atoms with E-state index in [9.17, 15) is 0 Å². The summed E-state index contributed by atoms with van der Waals surface area (Å²) < 4.78 is 0. The Labute approximate surface area is 268 Å². The third-order valence-electron chi connectivity index (χ3n) is 10.6. The van der Waals surface area contributed by atoms with E-state index >= 15 is 0 Å². The molecule has 1 nitrogen and oxygen atoms in total. The molecule has 0 saturated heterocycles. The second-order valence-electron chi connectivity index (χ2n) is 12.8. The average Bonchev–Trinajstić information content (AvgIpc) is 3.13. The number of anilines is 3. The normalized spacial score (nSPS) is 13.1. The molecule has 210 valence electrons. The van der Waals surface area contributed by atoms with Crippen molar-refractivity contribution < 1.29 is 0 Å². The highest BCUT2D eigenvalue weighted by Gasteiger charge is 2.45. The van der Waals surface area contributed by atoms with Crippen LogP contribution in [0.2, 0.25) is 0 Å². The summed E-state index contributed by atoms with van der Waals surface area (Å²) in [4.78, 5) is 2.61. The third kappa shape index (κ3) is 3.01. The predicted octanol–water partition coefficient (Wildman–Crippen LogP) is 9.59. The van der Waals surface area contributed by atoms with Crippen LogP contribution in [0.3, 0.4) is 0 Å².